The Hall–Kier alpha value is -2.79. The average molecular weight is 338 g/mol. The number of benzene rings is 2. The summed E-state index contributed by atoms with van der Waals surface area (Å²) in [4.78, 5) is 12.2. The highest BCUT2D eigenvalue weighted by Gasteiger charge is 2.07. The smallest absolute Gasteiger partial charge is 0.222 e. The number of fused-ring (bicyclic) bond motifs is 1. The quantitative estimate of drug-likeness (QED) is 0.664. The lowest BCUT2D eigenvalue weighted by molar-refractivity contribution is -0.121. The zero-order valence-electron chi connectivity index (χ0n) is 14.0. The lowest BCUT2D eigenvalue weighted by atomic mass is 10.2. The van der Waals surface area contributed by atoms with Crippen molar-refractivity contribution in [3.63, 3.8) is 0 Å². The molecular weight excluding hydrogens is 316 g/mol. The monoisotopic (exact) mass is 338 g/mol. The molecule has 0 saturated heterocycles. The van der Waals surface area contributed by atoms with Crippen molar-refractivity contribution in [3.05, 3.63) is 66.4 Å². The maximum absolute atomic E-state index is 12.2. The number of hydrogen-bond acceptors (Lipinski definition) is 3. The molecule has 0 unspecified atom stereocenters. The molecule has 1 amide bonds. The largest absolute Gasteiger partial charge is 0.491 e. The fraction of sp³-hybridized carbons (Fsp3) is 0.250. The molecule has 0 saturated carbocycles. The first-order chi connectivity index (χ1) is 12.3. The summed E-state index contributed by atoms with van der Waals surface area (Å²) >= 11 is 0. The number of amides is 1. The average Bonchev–Trinajstić information content (AvgIpc) is 3.07. The van der Waals surface area contributed by atoms with Crippen molar-refractivity contribution in [1.29, 1.82) is 0 Å². The van der Waals surface area contributed by atoms with Crippen molar-refractivity contribution < 1.29 is 14.6 Å². The number of para-hydroxylation sites is 2. The summed E-state index contributed by atoms with van der Waals surface area (Å²) in [6.45, 7) is 1.26. The van der Waals surface area contributed by atoms with Crippen LogP contribution >= 0.6 is 0 Å². The standard InChI is InChI=1S/C20H22N2O3/c23-13-14-25-19-8-4-2-6-17(19)15-21-20(24)10-12-22-11-9-16-5-1-3-7-18(16)22/h1-9,11,23H,10,12-15H2,(H,21,24). The molecule has 1 heterocycles. The minimum Gasteiger partial charge on any atom is -0.491 e. The molecule has 2 N–H and O–H groups in total. The van der Waals surface area contributed by atoms with E-state index in [1.54, 1.807) is 0 Å². The van der Waals surface area contributed by atoms with Gasteiger partial charge in [0.1, 0.15) is 12.4 Å². The molecule has 0 aliphatic heterocycles. The van der Waals surface area contributed by atoms with Crippen LogP contribution in [-0.2, 0) is 17.9 Å². The number of aromatic nitrogens is 1. The zero-order valence-corrected chi connectivity index (χ0v) is 14.0. The van der Waals surface area contributed by atoms with Crippen LogP contribution in [0.3, 0.4) is 0 Å². The molecule has 0 fully saturated rings. The predicted molar refractivity (Wildman–Crippen MR) is 97.4 cm³/mol. The summed E-state index contributed by atoms with van der Waals surface area (Å²) in [6, 6.07) is 17.7. The van der Waals surface area contributed by atoms with E-state index in [1.165, 1.54) is 5.39 Å². The van der Waals surface area contributed by atoms with Crippen LogP contribution in [0.2, 0.25) is 0 Å². The number of hydrogen-bond donors (Lipinski definition) is 2. The number of ether oxygens (including phenoxy) is 1. The molecule has 25 heavy (non-hydrogen) atoms. The minimum absolute atomic E-state index is 0.00487. The summed E-state index contributed by atoms with van der Waals surface area (Å²) in [5, 5.41) is 13.0. The molecular formula is C20H22N2O3. The fourth-order valence-corrected chi connectivity index (χ4v) is 2.79. The topological polar surface area (TPSA) is 63.5 Å². The molecule has 3 rings (SSSR count). The number of nitrogens with zero attached hydrogens (tertiary/aromatic N) is 1. The maximum atomic E-state index is 12.2. The summed E-state index contributed by atoms with van der Waals surface area (Å²) in [5.41, 5.74) is 2.04. The van der Waals surface area contributed by atoms with Gasteiger partial charge < -0.3 is 19.7 Å². The number of nitrogens with one attached hydrogen (secondary N) is 1. The van der Waals surface area contributed by atoms with Crippen molar-refractivity contribution in [2.45, 2.75) is 19.5 Å². The molecule has 1 aromatic heterocycles. The fourth-order valence-electron chi connectivity index (χ4n) is 2.79. The van der Waals surface area contributed by atoms with Gasteiger partial charge in [0, 0.05) is 36.8 Å². The number of carbonyl (C=O) groups excluding carboxylic acids is 1. The van der Waals surface area contributed by atoms with Gasteiger partial charge >= 0.3 is 0 Å². The Balaban J connectivity index is 1.53. The van der Waals surface area contributed by atoms with Gasteiger partial charge in [-0.05, 0) is 23.6 Å². The van der Waals surface area contributed by atoms with E-state index < -0.39 is 0 Å². The van der Waals surface area contributed by atoms with Crippen LogP contribution in [0.4, 0.5) is 0 Å². The van der Waals surface area contributed by atoms with Crippen molar-refractivity contribution in [1.82, 2.24) is 9.88 Å². The number of carbonyl (C=O) groups is 1. The van der Waals surface area contributed by atoms with Gasteiger partial charge in [-0.15, -0.1) is 0 Å². The Morgan fingerprint density at radius 1 is 1.08 bits per heavy atom. The molecule has 3 aromatic rings. The zero-order chi connectivity index (χ0) is 17.5. The first-order valence-electron chi connectivity index (χ1n) is 8.40. The third-order valence-electron chi connectivity index (χ3n) is 4.06. The van der Waals surface area contributed by atoms with Crippen LogP contribution in [0, 0.1) is 0 Å². The van der Waals surface area contributed by atoms with Gasteiger partial charge in [-0.3, -0.25) is 4.79 Å². The number of aryl methyl sites for hydroxylation is 1. The molecule has 0 aliphatic rings. The van der Waals surface area contributed by atoms with Gasteiger partial charge in [-0.25, -0.2) is 0 Å². The van der Waals surface area contributed by atoms with Crippen molar-refractivity contribution in [2.75, 3.05) is 13.2 Å². The Bertz CT molecular complexity index is 842. The Labute approximate surface area is 146 Å². The van der Waals surface area contributed by atoms with E-state index in [0.717, 1.165) is 11.1 Å². The molecule has 2 aromatic carbocycles. The molecule has 0 aliphatic carbocycles. The van der Waals surface area contributed by atoms with Gasteiger partial charge in [0.2, 0.25) is 5.91 Å². The lowest BCUT2D eigenvalue weighted by Crippen LogP contribution is -2.24. The highest BCUT2D eigenvalue weighted by atomic mass is 16.5. The van der Waals surface area contributed by atoms with Gasteiger partial charge in [0.05, 0.1) is 6.61 Å². The number of aliphatic hydroxyl groups excluding tert-OH is 1. The SMILES string of the molecule is O=C(CCn1ccc2ccccc21)NCc1ccccc1OCCO. The van der Waals surface area contributed by atoms with E-state index in [2.05, 4.69) is 28.1 Å². The Kier molecular flexibility index (Phi) is 5.69. The van der Waals surface area contributed by atoms with E-state index in [4.69, 9.17) is 9.84 Å². The van der Waals surface area contributed by atoms with E-state index >= 15 is 0 Å². The first-order valence-corrected chi connectivity index (χ1v) is 8.40. The van der Waals surface area contributed by atoms with Gasteiger partial charge in [-0.1, -0.05) is 36.4 Å². The maximum Gasteiger partial charge on any atom is 0.222 e. The van der Waals surface area contributed by atoms with Crippen LogP contribution in [0.1, 0.15) is 12.0 Å². The normalized spacial score (nSPS) is 10.8. The molecule has 130 valence electrons. The second-order valence-corrected chi connectivity index (χ2v) is 5.77. The third kappa shape index (κ3) is 4.39. The second-order valence-electron chi connectivity index (χ2n) is 5.77. The molecule has 0 atom stereocenters. The molecule has 0 radical (unpaired) electrons. The second kappa shape index (κ2) is 8.35. The Morgan fingerprint density at radius 3 is 2.76 bits per heavy atom. The predicted octanol–water partition coefficient (Wildman–Crippen LogP) is 2.72. The van der Waals surface area contributed by atoms with Gasteiger partial charge in [0.15, 0.2) is 0 Å². The van der Waals surface area contributed by atoms with Crippen LogP contribution < -0.4 is 10.1 Å². The first kappa shape index (κ1) is 17.0. The summed E-state index contributed by atoms with van der Waals surface area (Å²) in [5.74, 6) is 0.683. The van der Waals surface area contributed by atoms with E-state index in [0.29, 0.717) is 25.3 Å². The number of aliphatic hydroxyl groups is 1. The van der Waals surface area contributed by atoms with Crippen molar-refractivity contribution in [2.24, 2.45) is 0 Å². The van der Waals surface area contributed by atoms with Crippen molar-refractivity contribution in [3.8, 4) is 5.75 Å². The summed E-state index contributed by atoms with van der Waals surface area (Å²) in [6.07, 6.45) is 2.42. The lowest BCUT2D eigenvalue weighted by Gasteiger charge is -2.12. The molecule has 5 heteroatoms. The molecule has 0 spiro atoms. The van der Waals surface area contributed by atoms with E-state index in [-0.39, 0.29) is 19.1 Å². The van der Waals surface area contributed by atoms with Crippen LogP contribution in [0.15, 0.2) is 60.8 Å². The summed E-state index contributed by atoms with van der Waals surface area (Å²) < 4.78 is 7.57. The van der Waals surface area contributed by atoms with Crippen LogP contribution in [0.25, 0.3) is 10.9 Å². The van der Waals surface area contributed by atoms with Crippen LogP contribution in [0.5, 0.6) is 5.75 Å². The molecule has 0 bridgehead atoms. The highest BCUT2D eigenvalue weighted by Crippen LogP contribution is 2.18. The summed E-state index contributed by atoms with van der Waals surface area (Å²) in [7, 11) is 0. The van der Waals surface area contributed by atoms with E-state index in [1.807, 2.05) is 42.6 Å². The van der Waals surface area contributed by atoms with Crippen LogP contribution in [-0.4, -0.2) is 28.8 Å². The minimum atomic E-state index is -0.0362. The van der Waals surface area contributed by atoms with Gasteiger partial charge in [-0.2, -0.15) is 0 Å². The highest BCUT2D eigenvalue weighted by molar-refractivity contribution is 5.80. The van der Waals surface area contributed by atoms with Gasteiger partial charge in [0.25, 0.3) is 0 Å². The molecule has 5 nitrogen and oxygen atoms in total. The number of rotatable bonds is 8. The third-order valence-corrected chi connectivity index (χ3v) is 4.06. The van der Waals surface area contributed by atoms with E-state index in [9.17, 15) is 4.79 Å². The Morgan fingerprint density at radius 2 is 1.88 bits per heavy atom. The van der Waals surface area contributed by atoms with Crippen molar-refractivity contribution >= 4 is 16.8 Å².